The van der Waals surface area contributed by atoms with E-state index in [-0.39, 0.29) is 5.91 Å². The average molecular weight is 347 g/mol. The number of rotatable bonds is 7. The highest BCUT2D eigenvalue weighted by Crippen LogP contribution is 2.12. The molecular formula is C17H25N5O3. The lowest BCUT2D eigenvalue weighted by Gasteiger charge is -2.32. The highest BCUT2D eigenvalue weighted by molar-refractivity contribution is 5.77. The van der Waals surface area contributed by atoms with E-state index in [0.29, 0.717) is 37.4 Å². The van der Waals surface area contributed by atoms with Crippen LogP contribution in [0.15, 0.2) is 27.3 Å². The maximum Gasteiger partial charge on any atom is 0.236 e. The minimum Gasteiger partial charge on any atom is -0.467 e. The molecule has 1 fully saturated rings. The van der Waals surface area contributed by atoms with Gasteiger partial charge in [-0.05, 0) is 31.5 Å². The van der Waals surface area contributed by atoms with Crippen molar-refractivity contribution in [3.8, 4) is 0 Å². The maximum absolute atomic E-state index is 12.3. The summed E-state index contributed by atoms with van der Waals surface area (Å²) in [5, 5.41) is 7.33. The molecule has 0 unspecified atom stereocenters. The van der Waals surface area contributed by atoms with E-state index in [9.17, 15) is 4.79 Å². The Bertz CT molecular complexity index is 670. The van der Waals surface area contributed by atoms with Crippen LogP contribution in [0.3, 0.4) is 0 Å². The first kappa shape index (κ1) is 17.6. The minimum absolute atomic E-state index is 0.0577. The molecule has 1 atom stereocenters. The van der Waals surface area contributed by atoms with Gasteiger partial charge in [-0.15, -0.1) is 0 Å². The zero-order valence-electron chi connectivity index (χ0n) is 14.8. The third kappa shape index (κ3) is 5.14. The van der Waals surface area contributed by atoms with Crippen LogP contribution in [0.25, 0.3) is 0 Å². The molecule has 1 saturated heterocycles. The monoisotopic (exact) mass is 347 g/mol. The molecule has 1 amide bonds. The minimum atomic E-state index is 0.0577. The number of carbonyl (C=O) groups is 1. The molecule has 1 N–H and O–H groups in total. The number of likely N-dealkylation sites (tertiary alicyclic amines) is 1. The van der Waals surface area contributed by atoms with E-state index in [0.717, 1.165) is 31.7 Å². The molecule has 0 radical (unpaired) electrons. The molecule has 0 bridgehead atoms. The Morgan fingerprint density at radius 2 is 2.40 bits per heavy atom. The molecule has 3 rings (SSSR count). The standard InChI is InChI=1S/C17H25N5O3/c1-13-19-16(20-25-13)12-22-7-3-5-14(10-22)18-9-17(23)21(2)11-15-6-4-8-24-15/h4,6,8,14,18H,3,5,7,9-12H2,1-2H3/t14-/m0/s1. The van der Waals surface area contributed by atoms with Gasteiger partial charge in [0.1, 0.15) is 5.76 Å². The number of hydrogen-bond donors (Lipinski definition) is 1. The summed E-state index contributed by atoms with van der Waals surface area (Å²) in [5.41, 5.74) is 0. The number of aromatic nitrogens is 2. The molecule has 0 saturated carbocycles. The van der Waals surface area contributed by atoms with Gasteiger partial charge in [0.05, 0.1) is 25.9 Å². The predicted octanol–water partition coefficient (Wildman–Crippen LogP) is 1.18. The molecule has 1 aliphatic rings. The molecule has 0 spiro atoms. The molecule has 1 aliphatic heterocycles. The first-order valence-electron chi connectivity index (χ1n) is 8.61. The van der Waals surface area contributed by atoms with Crippen molar-refractivity contribution < 1.29 is 13.7 Å². The van der Waals surface area contributed by atoms with Crippen LogP contribution >= 0.6 is 0 Å². The van der Waals surface area contributed by atoms with Crippen molar-refractivity contribution in [2.75, 3.05) is 26.7 Å². The lowest BCUT2D eigenvalue weighted by Crippen LogP contribution is -2.48. The third-order valence-corrected chi connectivity index (χ3v) is 4.38. The van der Waals surface area contributed by atoms with Gasteiger partial charge in [-0.1, -0.05) is 5.16 Å². The summed E-state index contributed by atoms with van der Waals surface area (Å²) >= 11 is 0. The Labute approximate surface area is 147 Å². The first-order valence-corrected chi connectivity index (χ1v) is 8.61. The number of nitrogens with one attached hydrogen (secondary N) is 1. The number of hydrogen-bond acceptors (Lipinski definition) is 7. The summed E-state index contributed by atoms with van der Waals surface area (Å²) in [6, 6.07) is 3.99. The van der Waals surface area contributed by atoms with E-state index in [1.807, 2.05) is 12.1 Å². The number of likely N-dealkylation sites (N-methyl/N-ethyl adjacent to an activating group) is 1. The Morgan fingerprint density at radius 1 is 1.52 bits per heavy atom. The van der Waals surface area contributed by atoms with Gasteiger partial charge >= 0.3 is 0 Å². The van der Waals surface area contributed by atoms with Crippen molar-refractivity contribution in [3.63, 3.8) is 0 Å². The molecule has 2 aromatic rings. The molecule has 2 aromatic heterocycles. The van der Waals surface area contributed by atoms with Gasteiger partial charge in [-0.25, -0.2) is 0 Å². The molecule has 0 aromatic carbocycles. The number of piperidine rings is 1. The van der Waals surface area contributed by atoms with E-state index < -0.39 is 0 Å². The highest BCUT2D eigenvalue weighted by atomic mass is 16.5. The Kier molecular flexibility index (Phi) is 5.83. The van der Waals surface area contributed by atoms with Crippen molar-refractivity contribution in [1.29, 1.82) is 0 Å². The van der Waals surface area contributed by atoms with Crippen molar-refractivity contribution in [1.82, 2.24) is 25.3 Å². The van der Waals surface area contributed by atoms with Crippen molar-refractivity contribution in [2.45, 2.75) is 38.9 Å². The van der Waals surface area contributed by atoms with Crippen molar-refractivity contribution in [2.24, 2.45) is 0 Å². The molecule has 3 heterocycles. The number of nitrogens with zero attached hydrogens (tertiary/aromatic N) is 4. The Morgan fingerprint density at radius 3 is 3.12 bits per heavy atom. The van der Waals surface area contributed by atoms with Crippen LogP contribution in [0.2, 0.25) is 0 Å². The fourth-order valence-corrected chi connectivity index (χ4v) is 3.06. The molecule has 136 valence electrons. The van der Waals surface area contributed by atoms with E-state index in [1.54, 1.807) is 25.1 Å². The average Bonchev–Trinajstić information content (AvgIpc) is 3.25. The van der Waals surface area contributed by atoms with Gasteiger partial charge in [0.25, 0.3) is 0 Å². The second kappa shape index (κ2) is 8.26. The Balaban J connectivity index is 1.42. The number of amides is 1. The quantitative estimate of drug-likeness (QED) is 0.805. The van der Waals surface area contributed by atoms with Gasteiger partial charge in [0.2, 0.25) is 11.8 Å². The topological polar surface area (TPSA) is 87.6 Å². The van der Waals surface area contributed by atoms with E-state index >= 15 is 0 Å². The number of aryl methyl sites for hydroxylation is 1. The molecule has 0 aliphatic carbocycles. The lowest BCUT2D eigenvalue weighted by molar-refractivity contribution is -0.129. The zero-order valence-corrected chi connectivity index (χ0v) is 14.8. The first-order chi connectivity index (χ1) is 12.1. The fraction of sp³-hybridized carbons (Fsp3) is 0.588. The van der Waals surface area contributed by atoms with Gasteiger partial charge < -0.3 is 19.2 Å². The van der Waals surface area contributed by atoms with Crippen molar-refractivity contribution >= 4 is 5.91 Å². The SMILES string of the molecule is Cc1nc(CN2CCC[C@H](NCC(=O)N(C)Cc3ccco3)C2)no1. The van der Waals surface area contributed by atoms with Crippen molar-refractivity contribution in [3.05, 3.63) is 35.9 Å². The molecule has 25 heavy (non-hydrogen) atoms. The maximum atomic E-state index is 12.3. The molecular weight excluding hydrogens is 322 g/mol. The van der Waals surface area contributed by atoms with E-state index in [2.05, 4.69) is 20.4 Å². The normalized spacial score (nSPS) is 18.4. The van der Waals surface area contributed by atoms with Crippen LogP contribution in [0, 0.1) is 6.92 Å². The van der Waals surface area contributed by atoms with Gasteiger partial charge in [-0.2, -0.15) is 4.98 Å². The van der Waals surface area contributed by atoms with Crippen LogP contribution in [0.5, 0.6) is 0 Å². The lowest BCUT2D eigenvalue weighted by atomic mass is 10.1. The summed E-state index contributed by atoms with van der Waals surface area (Å²) in [5.74, 6) is 2.15. The molecule has 8 nitrogen and oxygen atoms in total. The van der Waals surface area contributed by atoms with E-state index in [1.165, 1.54) is 0 Å². The Hall–Kier alpha value is -2.19. The number of carbonyl (C=O) groups excluding carboxylic acids is 1. The van der Waals surface area contributed by atoms with E-state index in [4.69, 9.17) is 8.94 Å². The summed E-state index contributed by atoms with van der Waals surface area (Å²) in [6.07, 6.45) is 3.77. The van der Waals surface area contributed by atoms with Crippen LogP contribution in [0.1, 0.15) is 30.3 Å². The smallest absolute Gasteiger partial charge is 0.236 e. The fourth-order valence-electron chi connectivity index (χ4n) is 3.06. The number of furan rings is 1. The molecule has 8 heteroatoms. The zero-order chi connectivity index (χ0) is 17.6. The largest absolute Gasteiger partial charge is 0.467 e. The third-order valence-electron chi connectivity index (χ3n) is 4.38. The van der Waals surface area contributed by atoms with Crippen LogP contribution in [0.4, 0.5) is 0 Å². The second-order valence-corrected chi connectivity index (χ2v) is 6.51. The van der Waals surface area contributed by atoms with Gasteiger partial charge in [0.15, 0.2) is 5.82 Å². The second-order valence-electron chi connectivity index (χ2n) is 6.51. The van der Waals surface area contributed by atoms with Gasteiger partial charge in [0, 0.05) is 26.6 Å². The predicted molar refractivity (Wildman–Crippen MR) is 90.5 cm³/mol. The summed E-state index contributed by atoms with van der Waals surface area (Å²) in [4.78, 5) is 20.5. The summed E-state index contributed by atoms with van der Waals surface area (Å²) < 4.78 is 10.3. The van der Waals surface area contributed by atoms with Crippen LogP contribution in [-0.4, -0.2) is 58.6 Å². The van der Waals surface area contributed by atoms with Gasteiger partial charge in [-0.3, -0.25) is 9.69 Å². The summed E-state index contributed by atoms with van der Waals surface area (Å²) in [6.45, 7) is 5.18. The highest BCUT2D eigenvalue weighted by Gasteiger charge is 2.22. The van der Waals surface area contributed by atoms with Crippen LogP contribution < -0.4 is 5.32 Å². The van der Waals surface area contributed by atoms with Crippen LogP contribution in [-0.2, 0) is 17.9 Å². The summed E-state index contributed by atoms with van der Waals surface area (Å²) in [7, 11) is 1.79.